The lowest BCUT2D eigenvalue weighted by atomic mass is 10.1. The van der Waals surface area contributed by atoms with Crippen molar-refractivity contribution in [3.63, 3.8) is 0 Å². The van der Waals surface area contributed by atoms with E-state index >= 15 is 0 Å². The number of hydrogen-bond acceptors (Lipinski definition) is 4. The number of carbonyl (C=O) groups excluding carboxylic acids is 1. The van der Waals surface area contributed by atoms with Gasteiger partial charge in [-0.3, -0.25) is 4.79 Å². The molecule has 2 aromatic heterocycles. The zero-order valence-corrected chi connectivity index (χ0v) is 15.7. The Morgan fingerprint density at radius 3 is 2.80 bits per heavy atom. The lowest BCUT2D eigenvalue weighted by Crippen LogP contribution is -2.15. The molecule has 6 nitrogen and oxygen atoms in total. The summed E-state index contributed by atoms with van der Waals surface area (Å²) in [7, 11) is 0. The Kier molecular flexibility index (Phi) is 4.39. The highest BCUT2D eigenvalue weighted by Gasteiger charge is 2.27. The van der Waals surface area contributed by atoms with Gasteiger partial charge in [0.1, 0.15) is 0 Å². The van der Waals surface area contributed by atoms with E-state index in [1.165, 1.54) is 17.1 Å². The zero-order chi connectivity index (χ0) is 20.7. The molecular formula is C22H16F2N4O2. The molecule has 1 N–H and O–H groups in total. The number of fused-ring (bicyclic) bond motifs is 1. The SMILES string of the molecule is O=C(Nc1cccc(-c2cnco2)c1)c1nn(-c2ccc(F)c(F)c2)c2c1CCC2. The molecule has 4 aromatic rings. The molecule has 0 aliphatic heterocycles. The molecule has 1 amide bonds. The Hall–Kier alpha value is -3.81. The van der Waals surface area contributed by atoms with Crippen molar-refractivity contribution in [2.75, 3.05) is 5.32 Å². The Balaban J connectivity index is 1.47. The van der Waals surface area contributed by atoms with Gasteiger partial charge in [-0.1, -0.05) is 12.1 Å². The largest absolute Gasteiger partial charge is 0.444 e. The van der Waals surface area contributed by atoms with Gasteiger partial charge in [-0.15, -0.1) is 0 Å². The van der Waals surface area contributed by atoms with E-state index in [2.05, 4.69) is 15.4 Å². The van der Waals surface area contributed by atoms with Crippen molar-refractivity contribution < 1.29 is 18.0 Å². The number of hydrogen-bond donors (Lipinski definition) is 1. The fraction of sp³-hybridized carbons (Fsp3) is 0.136. The van der Waals surface area contributed by atoms with Crippen LogP contribution in [0.5, 0.6) is 0 Å². The van der Waals surface area contributed by atoms with Crippen LogP contribution in [0, 0.1) is 11.6 Å². The average molecular weight is 406 g/mol. The molecule has 0 radical (unpaired) electrons. The van der Waals surface area contributed by atoms with Crippen LogP contribution < -0.4 is 5.32 Å². The molecule has 30 heavy (non-hydrogen) atoms. The Labute approximate surface area is 170 Å². The van der Waals surface area contributed by atoms with Gasteiger partial charge in [-0.05, 0) is 43.5 Å². The van der Waals surface area contributed by atoms with Crippen LogP contribution >= 0.6 is 0 Å². The summed E-state index contributed by atoms with van der Waals surface area (Å²) < 4.78 is 33.9. The highest BCUT2D eigenvalue weighted by Crippen LogP contribution is 2.29. The molecule has 5 rings (SSSR count). The van der Waals surface area contributed by atoms with Crippen molar-refractivity contribution in [2.45, 2.75) is 19.3 Å². The molecule has 8 heteroatoms. The van der Waals surface area contributed by atoms with Crippen LogP contribution in [0.15, 0.2) is 59.5 Å². The summed E-state index contributed by atoms with van der Waals surface area (Å²) in [5.41, 5.74) is 3.73. The number of aromatic nitrogens is 3. The minimum absolute atomic E-state index is 0.289. The average Bonchev–Trinajstić information content (AvgIpc) is 3.48. The van der Waals surface area contributed by atoms with Crippen molar-refractivity contribution in [3.05, 3.63) is 83.6 Å². The number of carbonyl (C=O) groups is 1. The number of anilines is 1. The first-order valence-electron chi connectivity index (χ1n) is 9.46. The monoisotopic (exact) mass is 406 g/mol. The van der Waals surface area contributed by atoms with Crippen LogP contribution in [-0.2, 0) is 12.8 Å². The number of benzene rings is 2. The van der Waals surface area contributed by atoms with Crippen molar-refractivity contribution in [3.8, 4) is 17.0 Å². The fourth-order valence-corrected chi connectivity index (χ4v) is 3.75. The molecule has 2 aromatic carbocycles. The number of nitrogens with one attached hydrogen (secondary N) is 1. The van der Waals surface area contributed by atoms with E-state index < -0.39 is 11.6 Å². The van der Waals surface area contributed by atoms with Gasteiger partial charge in [0.25, 0.3) is 5.91 Å². The molecule has 0 saturated heterocycles. The minimum atomic E-state index is -0.954. The van der Waals surface area contributed by atoms with Crippen molar-refractivity contribution in [1.82, 2.24) is 14.8 Å². The van der Waals surface area contributed by atoms with Crippen LogP contribution in [0.3, 0.4) is 0 Å². The molecule has 1 aliphatic carbocycles. The number of amides is 1. The summed E-state index contributed by atoms with van der Waals surface area (Å²) >= 11 is 0. The minimum Gasteiger partial charge on any atom is -0.444 e. The van der Waals surface area contributed by atoms with Crippen molar-refractivity contribution in [2.24, 2.45) is 0 Å². The smallest absolute Gasteiger partial charge is 0.276 e. The lowest BCUT2D eigenvalue weighted by Gasteiger charge is -2.07. The quantitative estimate of drug-likeness (QED) is 0.540. The first kappa shape index (κ1) is 18.2. The second kappa shape index (κ2) is 7.22. The summed E-state index contributed by atoms with van der Waals surface area (Å²) in [6.07, 6.45) is 5.24. The van der Waals surface area contributed by atoms with E-state index in [1.54, 1.807) is 24.4 Å². The summed E-state index contributed by atoms with van der Waals surface area (Å²) in [5.74, 6) is -1.64. The summed E-state index contributed by atoms with van der Waals surface area (Å²) in [6.45, 7) is 0. The highest BCUT2D eigenvalue weighted by atomic mass is 19.2. The lowest BCUT2D eigenvalue weighted by molar-refractivity contribution is 0.102. The Morgan fingerprint density at radius 1 is 1.10 bits per heavy atom. The predicted molar refractivity (Wildman–Crippen MR) is 105 cm³/mol. The van der Waals surface area contributed by atoms with Gasteiger partial charge < -0.3 is 9.73 Å². The Morgan fingerprint density at radius 2 is 2.00 bits per heavy atom. The van der Waals surface area contributed by atoms with Gasteiger partial charge in [0.05, 0.1) is 11.9 Å². The number of halogens is 2. The molecule has 0 spiro atoms. The predicted octanol–water partition coefficient (Wildman–Crippen LogP) is 4.55. The summed E-state index contributed by atoms with van der Waals surface area (Å²) in [6, 6.07) is 10.8. The van der Waals surface area contributed by atoms with Gasteiger partial charge >= 0.3 is 0 Å². The molecule has 2 heterocycles. The maximum atomic E-state index is 13.7. The van der Waals surface area contributed by atoms with E-state index in [0.717, 1.165) is 41.8 Å². The van der Waals surface area contributed by atoms with Gasteiger partial charge in [-0.25, -0.2) is 18.4 Å². The fourth-order valence-electron chi connectivity index (χ4n) is 3.75. The molecule has 0 bridgehead atoms. The molecule has 0 atom stereocenters. The molecule has 0 unspecified atom stereocenters. The van der Waals surface area contributed by atoms with E-state index in [0.29, 0.717) is 23.6 Å². The maximum absolute atomic E-state index is 13.7. The van der Waals surface area contributed by atoms with Crippen LogP contribution in [-0.4, -0.2) is 20.7 Å². The number of rotatable bonds is 4. The third-order valence-corrected chi connectivity index (χ3v) is 5.13. The highest BCUT2D eigenvalue weighted by molar-refractivity contribution is 6.04. The molecule has 0 fully saturated rings. The van der Waals surface area contributed by atoms with Gasteiger partial charge in [0.2, 0.25) is 0 Å². The van der Waals surface area contributed by atoms with Crippen molar-refractivity contribution in [1.29, 1.82) is 0 Å². The van der Waals surface area contributed by atoms with Gasteiger partial charge in [0.15, 0.2) is 29.5 Å². The standard InChI is InChI=1S/C22H16F2N4O2/c23-17-8-7-15(10-18(17)24)28-19-6-2-5-16(19)21(27-28)22(29)26-14-4-1-3-13(9-14)20-11-25-12-30-20/h1,3-4,7-12H,2,5-6H2,(H,26,29). The molecular weight excluding hydrogens is 390 g/mol. The summed E-state index contributed by atoms with van der Waals surface area (Å²) in [5, 5.41) is 7.29. The number of oxazole rings is 1. The molecule has 1 aliphatic rings. The topological polar surface area (TPSA) is 73.0 Å². The maximum Gasteiger partial charge on any atom is 0.276 e. The first-order chi connectivity index (χ1) is 14.6. The van der Waals surface area contributed by atoms with E-state index in [9.17, 15) is 13.6 Å². The summed E-state index contributed by atoms with van der Waals surface area (Å²) in [4.78, 5) is 16.9. The normalized spacial score (nSPS) is 12.7. The van der Waals surface area contributed by atoms with Crippen LogP contribution in [0.1, 0.15) is 28.2 Å². The van der Waals surface area contributed by atoms with Crippen LogP contribution in [0.25, 0.3) is 17.0 Å². The van der Waals surface area contributed by atoms with Gasteiger partial charge in [-0.2, -0.15) is 5.10 Å². The second-order valence-corrected chi connectivity index (χ2v) is 7.04. The van der Waals surface area contributed by atoms with E-state index in [1.807, 2.05) is 6.07 Å². The van der Waals surface area contributed by atoms with Crippen LogP contribution in [0.2, 0.25) is 0 Å². The Bertz CT molecular complexity index is 1250. The van der Waals surface area contributed by atoms with Gasteiger partial charge in [0, 0.05) is 28.6 Å². The first-order valence-corrected chi connectivity index (χ1v) is 9.46. The van der Waals surface area contributed by atoms with E-state index in [-0.39, 0.29) is 11.6 Å². The van der Waals surface area contributed by atoms with E-state index in [4.69, 9.17) is 4.42 Å². The number of nitrogens with zero attached hydrogens (tertiary/aromatic N) is 3. The second-order valence-electron chi connectivity index (χ2n) is 7.04. The molecule has 0 saturated carbocycles. The third-order valence-electron chi connectivity index (χ3n) is 5.13. The third kappa shape index (κ3) is 3.16. The zero-order valence-electron chi connectivity index (χ0n) is 15.7. The van der Waals surface area contributed by atoms with Crippen LogP contribution in [0.4, 0.5) is 14.5 Å². The van der Waals surface area contributed by atoms with Crippen molar-refractivity contribution >= 4 is 11.6 Å². The molecule has 150 valence electrons.